The standard InChI is InChI=1S/C8H7ClO4S/c9-14(12,13)7-3-1-2-6(4-7)5-8(10)11/h1-4H,5H2,(H,10,11). The molecular formula is C8H7ClO4S. The quantitative estimate of drug-likeness (QED) is 0.799. The van der Waals surface area contributed by atoms with Crippen molar-refractivity contribution in [2.45, 2.75) is 11.3 Å². The first-order chi connectivity index (χ1) is 6.39. The second-order valence-electron chi connectivity index (χ2n) is 2.66. The molecule has 1 aromatic rings. The summed E-state index contributed by atoms with van der Waals surface area (Å²) >= 11 is 0. The summed E-state index contributed by atoms with van der Waals surface area (Å²) in [6, 6.07) is 5.54. The Morgan fingerprint density at radius 1 is 1.43 bits per heavy atom. The van der Waals surface area contributed by atoms with Gasteiger partial charge in [-0.15, -0.1) is 0 Å². The molecule has 0 saturated carbocycles. The van der Waals surface area contributed by atoms with Gasteiger partial charge >= 0.3 is 5.97 Å². The van der Waals surface area contributed by atoms with E-state index in [4.69, 9.17) is 15.8 Å². The number of rotatable bonds is 3. The molecule has 0 atom stereocenters. The van der Waals surface area contributed by atoms with Crippen LogP contribution in [0, 0.1) is 0 Å². The summed E-state index contributed by atoms with van der Waals surface area (Å²) in [6.07, 6.45) is -0.222. The van der Waals surface area contributed by atoms with Crippen LogP contribution < -0.4 is 0 Å². The summed E-state index contributed by atoms with van der Waals surface area (Å²) < 4.78 is 21.8. The smallest absolute Gasteiger partial charge is 0.307 e. The minimum atomic E-state index is -3.78. The molecule has 0 unspecified atom stereocenters. The molecule has 0 amide bonds. The number of hydrogen-bond donors (Lipinski definition) is 1. The molecule has 0 fully saturated rings. The fraction of sp³-hybridized carbons (Fsp3) is 0.125. The van der Waals surface area contributed by atoms with E-state index in [1.54, 1.807) is 0 Å². The van der Waals surface area contributed by atoms with Crippen LogP contribution in [-0.2, 0) is 20.3 Å². The lowest BCUT2D eigenvalue weighted by atomic mass is 10.2. The molecule has 14 heavy (non-hydrogen) atoms. The van der Waals surface area contributed by atoms with E-state index in [1.807, 2.05) is 0 Å². The third kappa shape index (κ3) is 3.01. The van der Waals surface area contributed by atoms with Gasteiger partial charge in [0.05, 0.1) is 11.3 Å². The number of carboxylic acid groups (broad SMARTS) is 1. The highest BCUT2D eigenvalue weighted by Gasteiger charge is 2.10. The zero-order valence-corrected chi connectivity index (χ0v) is 8.55. The Labute approximate surface area is 85.5 Å². The van der Waals surface area contributed by atoms with Crippen LogP contribution in [0.1, 0.15) is 5.56 Å². The maximum Gasteiger partial charge on any atom is 0.307 e. The zero-order valence-electron chi connectivity index (χ0n) is 6.97. The van der Waals surface area contributed by atoms with E-state index in [-0.39, 0.29) is 11.3 Å². The minimum absolute atomic E-state index is 0.0853. The van der Waals surface area contributed by atoms with Crippen molar-refractivity contribution in [2.75, 3.05) is 0 Å². The Hall–Kier alpha value is -1.07. The van der Waals surface area contributed by atoms with Crippen molar-refractivity contribution in [3.05, 3.63) is 29.8 Å². The van der Waals surface area contributed by atoms with Crippen molar-refractivity contribution in [1.29, 1.82) is 0 Å². The van der Waals surface area contributed by atoms with Gasteiger partial charge in [-0.3, -0.25) is 4.79 Å². The summed E-state index contributed by atoms with van der Waals surface area (Å²) in [6.45, 7) is 0. The molecule has 6 heteroatoms. The number of hydrogen-bond acceptors (Lipinski definition) is 3. The van der Waals surface area contributed by atoms with E-state index >= 15 is 0 Å². The first-order valence-electron chi connectivity index (χ1n) is 3.65. The second kappa shape index (κ2) is 3.98. The van der Waals surface area contributed by atoms with E-state index in [2.05, 4.69) is 0 Å². The third-order valence-electron chi connectivity index (χ3n) is 1.54. The summed E-state index contributed by atoms with van der Waals surface area (Å²) in [5.74, 6) is -1.02. The molecule has 0 spiro atoms. The first kappa shape index (κ1) is 11.0. The van der Waals surface area contributed by atoms with Gasteiger partial charge in [-0.25, -0.2) is 8.42 Å². The van der Waals surface area contributed by atoms with Crippen molar-refractivity contribution in [3.8, 4) is 0 Å². The lowest BCUT2D eigenvalue weighted by Gasteiger charge is -1.99. The SMILES string of the molecule is O=C(O)Cc1cccc(S(=O)(=O)Cl)c1. The van der Waals surface area contributed by atoms with Gasteiger partial charge in [0.25, 0.3) is 9.05 Å². The van der Waals surface area contributed by atoms with Gasteiger partial charge in [0.2, 0.25) is 0 Å². The molecule has 0 aliphatic heterocycles. The van der Waals surface area contributed by atoms with Gasteiger partial charge in [-0.2, -0.15) is 0 Å². The second-order valence-corrected chi connectivity index (χ2v) is 5.22. The van der Waals surface area contributed by atoms with Crippen molar-refractivity contribution in [3.63, 3.8) is 0 Å². The van der Waals surface area contributed by atoms with Crippen LogP contribution in [0.4, 0.5) is 0 Å². The van der Waals surface area contributed by atoms with E-state index in [1.165, 1.54) is 24.3 Å². The molecule has 0 heterocycles. The van der Waals surface area contributed by atoms with Crippen molar-refractivity contribution in [1.82, 2.24) is 0 Å². The van der Waals surface area contributed by atoms with E-state index in [9.17, 15) is 13.2 Å². The molecule has 0 radical (unpaired) electrons. The highest BCUT2D eigenvalue weighted by atomic mass is 35.7. The van der Waals surface area contributed by atoms with Crippen molar-refractivity contribution in [2.24, 2.45) is 0 Å². The fourth-order valence-corrected chi connectivity index (χ4v) is 1.80. The Morgan fingerprint density at radius 3 is 2.57 bits per heavy atom. The number of carbonyl (C=O) groups is 1. The molecule has 0 aliphatic carbocycles. The lowest BCUT2D eigenvalue weighted by Crippen LogP contribution is -2.01. The molecule has 1 N–H and O–H groups in total. The lowest BCUT2D eigenvalue weighted by molar-refractivity contribution is -0.136. The Balaban J connectivity index is 3.08. The van der Waals surface area contributed by atoms with Gasteiger partial charge in [0.1, 0.15) is 0 Å². The predicted molar refractivity (Wildman–Crippen MR) is 50.8 cm³/mol. The minimum Gasteiger partial charge on any atom is -0.481 e. The molecule has 0 bridgehead atoms. The van der Waals surface area contributed by atoms with E-state index in [0.29, 0.717) is 5.56 Å². The maximum atomic E-state index is 10.9. The number of aliphatic carboxylic acids is 1. The Kier molecular flexibility index (Phi) is 3.13. The van der Waals surface area contributed by atoms with Crippen LogP contribution >= 0.6 is 10.7 Å². The molecule has 0 aromatic heterocycles. The van der Waals surface area contributed by atoms with Crippen LogP contribution in [-0.4, -0.2) is 19.5 Å². The van der Waals surface area contributed by atoms with Crippen LogP contribution in [0.2, 0.25) is 0 Å². The number of carboxylic acids is 1. The molecule has 1 rings (SSSR count). The average molecular weight is 235 g/mol. The largest absolute Gasteiger partial charge is 0.481 e. The normalized spacial score (nSPS) is 11.2. The van der Waals surface area contributed by atoms with E-state index in [0.717, 1.165) is 0 Å². The summed E-state index contributed by atoms with van der Waals surface area (Å²) in [5, 5.41) is 8.48. The highest BCUT2D eigenvalue weighted by Crippen LogP contribution is 2.16. The van der Waals surface area contributed by atoms with Crippen molar-refractivity contribution < 1.29 is 18.3 Å². The highest BCUT2D eigenvalue weighted by molar-refractivity contribution is 8.13. The summed E-state index contributed by atoms with van der Waals surface area (Å²) in [7, 11) is 1.31. The van der Waals surface area contributed by atoms with Gasteiger partial charge in [-0.1, -0.05) is 12.1 Å². The van der Waals surface area contributed by atoms with Gasteiger partial charge in [-0.05, 0) is 17.7 Å². The van der Waals surface area contributed by atoms with Crippen LogP contribution in [0.25, 0.3) is 0 Å². The van der Waals surface area contributed by atoms with Crippen LogP contribution in [0.3, 0.4) is 0 Å². The van der Waals surface area contributed by atoms with Gasteiger partial charge in [0.15, 0.2) is 0 Å². The van der Waals surface area contributed by atoms with Gasteiger partial charge in [0, 0.05) is 10.7 Å². The van der Waals surface area contributed by atoms with Crippen molar-refractivity contribution >= 4 is 25.7 Å². The molecule has 1 aromatic carbocycles. The zero-order chi connectivity index (χ0) is 10.8. The number of halogens is 1. The predicted octanol–water partition coefficient (Wildman–Crippen LogP) is 1.24. The van der Waals surface area contributed by atoms with Gasteiger partial charge < -0.3 is 5.11 Å². The van der Waals surface area contributed by atoms with Crippen LogP contribution in [0.15, 0.2) is 29.2 Å². The molecular weight excluding hydrogens is 228 g/mol. The molecule has 4 nitrogen and oxygen atoms in total. The fourth-order valence-electron chi connectivity index (χ4n) is 0.982. The molecule has 76 valence electrons. The Morgan fingerprint density at radius 2 is 2.07 bits per heavy atom. The molecule has 0 aliphatic rings. The topological polar surface area (TPSA) is 71.4 Å². The monoisotopic (exact) mass is 234 g/mol. The maximum absolute atomic E-state index is 10.9. The summed E-state index contributed by atoms with van der Waals surface area (Å²) in [4.78, 5) is 10.3. The first-order valence-corrected chi connectivity index (χ1v) is 5.96. The Bertz CT molecular complexity index is 452. The average Bonchev–Trinajstić information content (AvgIpc) is 2.01. The molecule has 0 saturated heterocycles. The van der Waals surface area contributed by atoms with Crippen LogP contribution in [0.5, 0.6) is 0 Å². The number of benzene rings is 1. The summed E-state index contributed by atoms with van der Waals surface area (Å²) in [5.41, 5.74) is 0.402. The third-order valence-corrected chi connectivity index (χ3v) is 2.89. The van der Waals surface area contributed by atoms with E-state index < -0.39 is 15.0 Å².